The van der Waals surface area contributed by atoms with E-state index in [4.69, 9.17) is 0 Å². The van der Waals surface area contributed by atoms with Gasteiger partial charge in [-0.25, -0.2) is 0 Å². The molecule has 0 atom stereocenters. The van der Waals surface area contributed by atoms with Crippen LogP contribution in [0.15, 0.2) is 42.2 Å². The number of piperidine rings is 2. The van der Waals surface area contributed by atoms with E-state index in [2.05, 4.69) is 9.80 Å². The maximum atomic E-state index is 12.6. The summed E-state index contributed by atoms with van der Waals surface area (Å²) in [7, 11) is 0. The first-order valence-electron chi connectivity index (χ1n) is 8.65. The number of rotatable bonds is 4. The lowest BCUT2D eigenvalue weighted by atomic mass is 10.1. The molecule has 2 fully saturated rings. The number of ketones is 1. The van der Waals surface area contributed by atoms with Crippen LogP contribution in [0.5, 0.6) is 0 Å². The number of allylic oxidation sites excluding steroid dienone is 1. The summed E-state index contributed by atoms with van der Waals surface area (Å²) in [5, 5.41) is 0. The molecule has 118 valence electrons. The minimum atomic E-state index is 0.131. The van der Waals surface area contributed by atoms with Crippen molar-refractivity contribution < 1.29 is 4.79 Å². The molecule has 3 rings (SSSR count). The van der Waals surface area contributed by atoms with Gasteiger partial charge >= 0.3 is 0 Å². The largest absolute Gasteiger partial charge is 0.358 e. The second-order valence-corrected chi connectivity index (χ2v) is 6.33. The highest BCUT2D eigenvalue weighted by Crippen LogP contribution is 2.22. The van der Waals surface area contributed by atoms with E-state index >= 15 is 0 Å². The van der Waals surface area contributed by atoms with Crippen LogP contribution in [0.25, 0.3) is 0 Å². The van der Waals surface area contributed by atoms with Crippen molar-refractivity contribution in [1.82, 2.24) is 9.80 Å². The lowest BCUT2D eigenvalue weighted by Crippen LogP contribution is -2.41. The quantitative estimate of drug-likeness (QED) is 0.626. The van der Waals surface area contributed by atoms with Crippen LogP contribution in [0.2, 0.25) is 0 Å². The SMILES string of the molecule is O=C(C=C(N1CCCCC1)N1CCCCC1)c1ccccc1. The molecule has 3 nitrogen and oxygen atoms in total. The van der Waals surface area contributed by atoms with Crippen molar-refractivity contribution >= 4 is 5.78 Å². The number of benzene rings is 1. The van der Waals surface area contributed by atoms with Crippen molar-refractivity contribution in [3.8, 4) is 0 Å². The number of hydrogen-bond acceptors (Lipinski definition) is 3. The number of likely N-dealkylation sites (tertiary alicyclic amines) is 2. The van der Waals surface area contributed by atoms with Crippen LogP contribution in [-0.2, 0) is 0 Å². The maximum Gasteiger partial charge on any atom is 0.189 e. The fourth-order valence-corrected chi connectivity index (χ4v) is 3.43. The molecule has 0 radical (unpaired) electrons. The fourth-order valence-electron chi connectivity index (χ4n) is 3.43. The Kier molecular flexibility index (Phi) is 5.15. The summed E-state index contributed by atoms with van der Waals surface area (Å²) in [5.74, 6) is 1.29. The zero-order chi connectivity index (χ0) is 15.2. The van der Waals surface area contributed by atoms with Gasteiger partial charge in [0, 0.05) is 37.8 Å². The van der Waals surface area contributed by atoms with Crippen molar-refractivity contribution in [3.05, 3.63) is 47.8 Å². The first kappa shape index (κ1) is 15.1. The van der Waals surface area contributed by atoms with Gasteiger partial charge in [-0.2, -0.15) is 0 Å². The van der Waals surface area contributed by atoms with E-state index in [1.54, 1.807) is 0 Å². The second kappa shape index (κ2) is 7.48. The average molecular weight is 298 g/mol. The van der Waals surface area contributed by atoms with Gasteiger partial charge < -0.3 is 9.80 Å². The van der Waals surface area contributed by atoms with Gasteiger partial charge in [0.25, 0.3) is 0 Å². The van der Waals surface area contributed by atoms with E-state index in [1.807, 2.05) is 36.4 Å². The highest BCUT2D eigenvalue weighted by atomic mass is 16.1. The normalized spacial score (nSPS) is 18.9. The molecule has 1 aromatic rings. The van der Waals surface area contributed by atoms with E-state index < -0.39 is 0 Å². The van der Waals surface area contributed by atoms with Crippen LogP contribution in [0.3, 0.4) is 0 Å². The van der Waals surface area contributed by atoms with Crippen LogP contribution in [0.4, 0.5) is 0 Å². The van der Waals surface area contributed by atoms with E-state index in [0.29, 0.717) is 0 Å². The molecule has 0 saturated carbocycles. The third-order valence-corrected chi connectivity index (χ3v) is 4.68. The molecule has 0 bridgehead atoms. The number of hydrogen-bond donors (Lipinski definition) is 0. The first-order chi connectivity index (χ1) is 10.8. The fraction of sp³-hybridized carbons (Fsp3) is 0.526. The summed E-state index contributed by atoms with van der Waals surface area (Å²) in [6, 6.07) is 9.63. The van der Waals surface area contributed by atoms with Crippen molar-refractivity contribution in [2.75, 3.05) is 26.2 Å². The predicted molar refractivity (Wildman–Crippen MR) is 89.7 cm³/mol. The molecule has 1 aromatic carbocycles. The van der Waals surface area contributed by atoms with Gasteiger partial charge in [-0.1, -0.05) is 30.3 Å². The smallest absolute Gasteiger partial charge is 0.189 e. The Balaban J connectivity index is 1.82. The van der Waals surface area contributed by atoms with E-state index in [0.717, 1.165) is 37.6 Å². The maximum absolute atomic E-state index is 12.6. The minimum Gasteiger partial charge on any atom is -0.358 e. The highest BCUT2D eigenvalue weighted by molar-refractivity contribution is 6.04. The lowest BCUT2D eigenvalue weighted by molar-refractivity contribution is 0.103. The molecule has 2 heterocycles. The standard InChI is InChI=1S/C19H26N2O/c22-18(17-10-4-1-5-11-17)16-19(20-12-6-2-7-13-20)21-14-8-3-9-15-21/h1,4-5,10-11,16H,2-3,6-9,12-15H2. The third kappa shape index (κ3) is 3.70. The number of nitrogens with zero attached hydrogens (tertiary/aromatic N) is 2. The van der Waals surface area contributed by atoms with Crippen LogP contribution in [0, 0.1) is 0 Å². The molecule has 0 amide bonds. The molecule has 0 spiro atoms. The number of carbonyl (C=O) groups is 1. The van der Waals surface area contributed by atoms with Crippen molar-refractivity contribution in [2.45, 2.75) is 38.5 Å². The summed E-state index contributed by atoms with van der Waals surface area (Å²) in [6.07, 6.45) is 9.48. The van der Waals surface area contributed by atoms with Crippen LogP contribution < -0.4 is 0 Å². The molecule has 2 saturated heterocycles. The van der Waals surface area contributed by atoms with E-state index in [1.165, 1.54) is 38.5 Å². The van der Waals surface area contributed by atoms with Crippen LogP contribution in [-0.4, -0.2) is 41.8 Å². The Hall–Kier alpha value is -1.77. The van der Waals surface area contributed by atoms with Gasteiger partial charge in [0.1, 0.15) is 5.82 Å². The Morgan fingerprint density at radius 3 is 1.77 bits per heavy atom. The van der Waals surface area contributed by atoms with E-state index in [9.17, 15) is 4.79 Å². The van der Waals surface area contributed by atoms with Crippen LogP contribution >= 0.6 is 0 Å². The van der Waals surface area contributed by atoms with E-state index in [-0.39, 0.29) is 5.78 Å². The predicted octanol–water partition coefficient (Wildman–Crippen LogP) is 3.68. The van der Waals surface area contributed by atoms with Gasteiger partial charge in [-0.15, -0.1) is 0 Å². The summed E-state index contributed by atoms with van der Waals surface area (Å²) < 4.78 is 0. The second-order valence-electron chi connectivity index (χ2n) is 6.33. The van der Waals surface area contributed by atoms with Crippen molar-refractivity contribution in [2.24, 2.45) is 0 Å². The Bertz CT molecular complexity index is 491. The Morgan fingerprint density at radius 2 is 1.27 bits per heavy atom. The topological polar surface area (TPSA) is 23.6 Å². The average Bonchev–Trinajstić information content (AvgIpc) is 2.62. The summed E-state index contributed by atoms with van der Waals surface area (Å²) in [4.78, 5) is 17.5. The third-order valence-electron chi connectivity index (χ3n) is 4.68. The molecule has 0 aromatic heterocycles. The van der Waals surface area contributed by atoms with Gasteiger partial charge in [0.2, 0.25) is 0 Å². The monoisotopic (exact) mass is 298 g/mol. The molecule has 2 aliphatic heterocycles. The zero-order valence-corrected chi connectivity index (χ0v) is 13.3. The molecular formula is C19H26N2O. The van der Waals surface area contributed by atoms with Crippen molar-refractivity contribution in [3.63, 3.8) is 0 Å². The Morgan fingerprint density at radius 1 is 0.773 bits per heavy atom. The molecule has 2 aliphatic rings. The van der Waals surface area contributed by atoms with Gasteiger partial charge in [0.05, 0.1) is 0 Å². The van der Waals surface area contributed by atoms with Gasteiger partial charge in [-0.05, 0) is 38.5 Å². The van der Waals surface area contributed by atoms with Crippen molar-refractivity contribution in [1.29, 1.82) is 0 Å². The minimum absolute atomic E-state index is 0.131. The molecule has 0 N–H and O–H groups in total. The lowest BCUT2D eigenvalue weighted by Gasteiger charge is -2.39. The first-order valence-corrected chi connectivity index (χ1v) is 8.65. The van der Waals surface area contributed by atoms with Gasteiger partial charge in [0.15, 0.2) is 5.78 Å². The van der Waals surface area contributed by atoms with Gasteiger partial charge in [-0.3, -0.25) is 4.79 Å². The number of carbonyl (C=O) groups excluding carboxylic acids is 1. The summed E-state index contributed by atoms with van der Waals surface area (Å²) >= 11 is 0. The molecule has 0 aliphatic carbocycles. The molecule has 3 heteroatoms. The molecular weight excluding hydrogens is 272 g/mol. The Labute approximate surface area is 133 Å². The highest BCUT2D eigenvalue weighted by Gasteiger charge is 2.21. The molecule has 0 unspecified atom stereocenters. The summed E-state index contributed by atoms with van der Waals surface area (Å²) in [5.41, 5.74) is 0.786. The molecule has 22 heavy (non-hydrogen) atoms. The zero-order valence-electron chi connectivity index (χ0n) is 13.3. The summed E-state index contributed by atoms with van der Waals surface area (Å²) in [6.45, 7) is 4.35. The van der Waals surface area contributed by atoms with Crippen LogP contribution in [0.1, 0.15) is 48.9 Å².